The van der Waals surface area contributed by atoms with Crippen LogP contribution in [-0.4, -0.2) is 19.8 Å². The highest BCUT2D eigenvalue weighted by Gasteiger charge is 2.00. The zero-order valence-electron chi connectivity index (χ0n) is 11.1. The summed E-state index contributed by atoms with van der Waals surface area (Å²) in [4.78, 5) is 0. The predicted octanol–water partition coefficient (Wildman–Crippen LogP) is 2.62. The highest BCUT2D eigenvalue weighted by atomic mass is 16.5. The molecule has 0 bridgehead atoms. The predicted molar refractivity (Wildman–Crippen MR) is 74.3 cm³/mol. The maximum absolute atomic E-state index is 8.81. The summed E-state index contributed by atoms with van der Waals surface area (Å²) in [6.07, 6.45) is 0.920. The molecule has 0 spiro atoms. The van der Waals surface area contributed by atoms with Crippen molar-refractivity contribution in [3.05, 3.63) is 23.8 Å². The minimum absolute atomic E-state index is 0.570. The maximum atomic E-state index is 8.81. The fraction of sp³-hybridized carbons (Fsp3) is 0.500. The lowest BCUT2D eigenvalue weighted by Gasteiger charge is -2.10. The van der Waals surface area contributed by atoms with E-state index in [-0.39, 0.29) is 0 Å². The Morgan fingerprint density at radius 3 is 2.89 bits per heavy atom. The largest absolute Gasteiger partial charge is 0.397 e. The van der Waals surface area contributed by atoms with Gasteiger partial charge in [0.15, 0.2) is 0 Å². The normalized spacial score (nSPS) is 10.3. The molecular weight excluding hydrogens is 226 g/mol. The summed E-state index contributed by atoms with van der Waals surface area (Å²) in [6.45, 7) is 6.59. The summed E-state index contributed by atoms with van der Waals surface area (Å²) in [5, 5.41) is 12.0. The molecule has 1 aromatic carbocycles. The topological polar surface area (TPSA) is 71.1 Å². The van der Waals surface area contributed by atoms with Crippen LogP contribution in [0.3, 0.4) is 0 Å². The molecule has 0 atom stereocenters. The van der Waals surface area contributed by atoms with Gasteiger partial charge in [0.1, 0.15) is 0 Å². The zero-order chi connectivity index (χ0) is 13.4. The SMILES string of the molecule is CC(C)COCCCNc1cc(C#N)ccc1N. The van der Waals surface area contributed by atoms with E-state index in [2.05, 4.69) is 25.2 Å². The van der Waals surface area contributed by atoms with E-state index in [9.17, 15) is 0 Å². The maximum Gasteiger partial charge on any atom is 0.0992 e. The summed E-state index contributed by atoms with van der Waals surface area (Å²) >= 11 is 0. The first-order chi connectivity index (χ1) is 8.63. The first-order valence-corrected chi connectivity index (χ1v) is 6.24. The van der Waals surface area contributed by atoms with Crippen molar-refractivity contribution in [2.45, 2.75) is 20.3 Å². The van der Waals surface area contributed by atoms with Crippen LogP contribution in [0.15, 0.2) is 18.2 Å². The monoisotopic (exact) mass is 247 g/mol. The molecule has 0 fully saturated rings. The Hall–Kier alpha value is -1.73. The van der Waals surface area contributed by atoms with Crippen LogP contribution in [0.2, 0.25) is 0 Å². The number of ether oxygens (including phenoxy) is 1. The summed E-state index contributed by atoms with van der Waals surface area (Å²) in [5.41, 5.74) is 7.92. The number of nitriles is 1. The van der Waals surface area contributed by atoms with Gasteiger partial charge in [-0.1, -0.05) is 13.8 Å². The van der Waals surface area contributed by atoms with Crippen molar-refractivity contribution in [1.82, 2.24) is 0 Å². The quantitative estimate of drug-likeness (QED) is 0.574. The fourth-order valence-corrected chi connectivity index (χ4v) is 1.50. The van der Waals surface area contributed by atoms with Crippen LogP contribution < -0.4 is 11.1 Å². The average Bonchev–Trinajstić information content (AvgIpc) is 2.35. The average molecular weight is 247 g/mol. The van der Waals surface area contributed by atoms with Crippen molar-refractivity contribution in [3.63, 3.8) is 0 Å². The lowest BCUT2D eigenvalue weighted by atomic mass is 10.2. The van der Waals surface area contributed by atoms with Crippen molar-refractivity contribution in [3.8, 4) is 6.07 Å². The van der Waals surface area contributed by atoms with Gasteiger partial charge in [0.2, 0.25) is 0 Å². The number of nitrogens with two attached hydrogens (primary N) is 1. The third-order valence-corrected chi connectivity index (χ3v) is 2.41. The number of hydrogen-bond acceptors (Lipinski definition) is 4. The van der Waals surface area contributed by atoms with E-state index in [0.29, 0.717) is 17.2 Å². The third-order valence-electron chi connectivity index (χ3n) is 2.41. The van der Waals surface area contributed by atoms with Gasteiger partial charge in [-0.2, -0.15) is 5.26 Å². The first kappa shape index (κ1) is 14.3. The van der Waals surface area contributed by atoms with Crippen molar-refractivity contribution in [1.29, 1.82) is 5.26 Å². The number of nitrogens with zero attached hydrogens (tertiary/aromatic N) is 1. The molecule has 0 aliphatic carbocycles. The molecule has 18 heavy (non-hydrogen) atoms. The van der Waals surface area contributed by atoms with Crippen LogP contribution in [0.25, 0.3) is 0 Å². The lowest BCUT2D eigenvalue weighted by molar-refractivity contribution is 0.110. The number of benzene rings is 1. The molecule has 0 aromatic heterocycles. The molecule has 4 nitrogen and oxygen atoms in total. The Bertz CT molecular complexity index is 410. The van der Waals surface area contributed by atoms with Gasteiger partial charge in [-0.05, 0) is 30.5 Å². The van der Waals surface area contributed by atoms with Crippen LogP contribution in [0.4, 0.5) is 11.4 Å². The van der Waals surface area contributed by atoms with Gasteiger partial charge in [0, 0.05) is 19.8 Å². The van der Waals surface area contributed by atoms with Crippen LogP contribution in [-0.2, 0) is 4.74 Å². The first-order valence-electron chi connectivity index (χ1n) is 6.24. The van der Waals surface area contributed by atoms with Crippen molar-refractivity contribution in [2.75, 3.05) is 30.8 Å². The van der Waals surface area contributed by atoms with Gasteiger partial charge < -0.3 is 15.8 Å². The van der Waals surface area contributed by atoms with Crippen LogP contribution in [0, 0.1) is 17.2 Å². The molecule has 4 heteroatoms. The number of nitrogen functional groups attached to an aromatic ring is 1. The van der Waals surface area contributed by atoms with E-state index in [1.165, 1.54) is 0 Å². The summed E-state index contributed by atoms with van der Waals surface area (Å²) in [5.74, 6) is 0.570. The second kappa shape index (κ2) is 7.57. The highest BCUT2D eigenvalue weighted by Crippen LogP contribution is 2.19. The zero-order valence-corrected chi connectivity index (χ0v) is 11.1. The Labute approximate surface area is 109 Å². The van der Waals surface area contributed by atoms with Crippen LogP contribution >= 0.6 is 0 Å². The molecule has 3 N–H and O–H groups in total. The summed E-state index contributed by atoms with van der Waals surface area (Å²) in [6, 6.07) is 7.33. The Kier molecular flexibility index (Phi) is 6.03. The Balaban J connectivity index is 2.29. The molecule has 98 valence electrons. The van der Waals surface area contributed by atoms with Gasteiger partial charge in [-0.3, -0.25) is 0 Å². The van der Waals surface area contributed by atoms with Gasteiger partial charge >= 0.3 is 0 Å². The molecule has 0 unspecified atom stereocenters. The summed E-state index contributed by atoms with van der Waals surface area (Å²) < 4.78 is 5.48. The number of rotatable bonds is 7. The molecule has 0 saturated heterocycles. The van der Waals surface area contributed by atoms with Crippen molar-refractivity contribution < 1.29 is 4.74 Å². The molecule has 0 aliphatic heterocycles. The number of hydrogen-bond donors (Lipinski definition) is 2. The van der Waals surface area contributed by atoms with E-state index >= 15 is 0 Å². The molecule has 0 heterocycles. The molecule has 0 radical (unpaired) electrons. The molecule has 0 aliphatic rings. The molecule has 1 rings (SSSR count). The van der Waals surface area contributed by atoms with Crippen LogP contribution in [0.5, 0.6) is 0 Å². The Morgan fingerprint density at radius 1 is 1.44 bits per heavy atom. The van der Waals surface area contributed by atoms with Crippen LogP contribution in [0.1, 0.15) is 25.8 Å². The fourth-order valence-electron chi connectivity index (χ4n) is 1.50. The van der Waals surface area contributed by atoms with E-state index < -0.39 is 0 Å². The number of anilines is 2. The minimum atomic E-state index is 0.570. The highest BCUT2D eigenvalue weighted by molar-refractivity contribution is 5.68. The summed E-state index contributed by atoms with van der Waals surface area (Å²) in [7, 11) is 0. The van der Waals surface area contributed by atoms with Gasteiger partial charge in [-0.15, -0.1) is 0 Å². The van der Waals surface area contributed by atoms with E-state index in [1.54, 1.807) is 18.2 Å². The standard InChI is InChI=1S/C14H21N3O/c1-11(2)10-18-7-3-6-17-14-8-12(9-15)4-5-13(14)16/h4-5,8,11,17H,3,6-7,10,16H2,1-2H3. The van der Waals surface area contributed by atoms with Crippen molar-refractivity contribution in [2.24, 2.45) is 5.92 Å². The smallest absolute Gasteiger partial charge is 0.0992 e. The Morgan fingerprint density at radius 2 is 2.22 bits per heavy atom. The molecule has 1 aromatic rings. The number of nitrogens with one attached hydrogen (secondary N) is 1. The van der Waals surface area contributed by atoms with Gasteiger partial charge in [0.05, 0.1) is 23.0 Å². The molecule has 0 amide bonds. The second-order valence-electron chi connectivity index (χ2n) is 4.66. The van der Waals surface area contributed by atoms with E-state index in [4.69, 9.17) is 15.7 Å². The lowest BCUT2D eigenvalue weighted by Crippen LogP contribution is -2.09. The van der Waals surface area contributed by atoms with E-state index in [0.717, 1.165) is 31.9 Å². The van der Waals surface area contributed by atoms with Crippen molar-refractivity contribution >= 4 is 11.4 Å². The van der Waals surface area contributed by atoms with Gasteiger partial charge in [0.25, 0.3) is 0 Å². The van der Waals surface area contributed by atoms with Gasteiger partial charge in [-0.25, -0.2) is 0 Å². The van der Waals surface area contributed by atoms with E-state index in [1.807, 2.05) is 0 Å². The second-order valence-corrected chi connectivity index (χ2v) is 4.66. The minimum Gasteiger partial charge on any atom is -0.397 e. The molecular formula is C14H21N3O. The molecule has 0 saturated carbocycles. The third kappa shape index (κ3) is 5.07.